The standard InChI is InChI=1S/C17H14N4OS/c1-12-18-19-17-21(12)20-16(23-17)14-7-9-15(10-8-14)22-11-13-5-3-2-4-6-13/h2-10H,11H2,1H3. The highest BCUT2D eigenvalue weighted by atomic mass is 32.1. The van der Waals surface area contributed by atoms with Crippen LogP contribution in [-0.4, -0.2) is 19.8 Å². The number of benzene rings is 2. The van der Waals surface area contributed by atoms with Crippen molar-refractivity contribution < 1.29 is 4.74 Å². The van der Waals surface area contributed by atoms with Gasteiger partial charge in [0.05, 0.1) is 0 Å². The second-order valence-corrected chi connectivity index (χ2v) is 6.10. The summed E-state index contributed by atoms with van der Waals surface area (Å²) in [5, 5.41) is 13.5. The van der Waals surface area contributed by atoms with Crippen LogP contribution in [0.2, 0.25) is 0 Å². The number of aromatic nitrogens is 4. The molecule has 0 radical (unpaired) electrons. The monoisotopic (exact) mass is 322 g/mol. The predicted molar refractivity (Wildman–Crippen MR) is 89.6 cm³/mol. The second-order valence-electron chi connectivity index (χ2n) is 5.15. The molecule has 0 bridgehead atoms. The number of fused-ring (bicyclic) bond motifs is 1. The fourth-order valence-corrected chi connectivity index (χ4v) is 3.16. The number of hydrogen-bond donors (Lipinski definition) is 0. The quantitative estimate of drug-likeness (QED) is 0.574. The van der Waals surface area contributed by atoms with Crippen LogP contribution in [0.3, 0.4) is 0 Å². The van der Waals surface area contributed by atoms with E-state index in [1.165, 1.54) is 11.3 Å². The Bertz CT molecular complexity index is 928. The van der Waals surface area contributed by atoms with E-state index in [0.717, 1.165) is 32.7 Å². The first-order chi connectivity index (χ1) is 11.3. The smallest absolute Gasteiger partial charge is 0.234 e. The Balaban J connectivity index is 1.51. The van der Waals surface area contributed by atoms with E-state index in [1.54, 1.807) is 4.52 Å². The number of rotatable bonds is 4. The lowest BCUT2D eigenvalue weighted by Crippen LogP contribution is -1.94. The third-order valence-electron chi connectivity index (χ3n) is 3.50. The van der Waals surface area contributed by atoms with Crippen LogP contribution < -0.4 is 4.74 Å². The van der Waals surface area contributed by atoms with Gasteiger partial charge in [0.15, 0.2) is 5.82 Å². The fourth-order valence-electron chi connectivity index (χ4n) is 2.27. The van der Waals surface area contributed by atoms with E-state index in [9.17, 15) is 0 Å². The van der Waals surface area contributed by atoms with Gasteiger partial charge in [-0.05, 0) is 36.8 Å². The molecule has 0 amide bonds. The molecule has 4 aromatic rings. The van der Waals surface area contributed by atoms with Crippen LogP contribution in [0.1, 0.15) is 11.4 Å². The largest absolute Gasteiger partial charge is 0.489 e. The summed E-state index contributed by atoms with van der Waals surface area (Å²) in [5.74, 6) is 1.64. The maximum Gasteiger partial charge on any atom is 0.234 e. The first-order valence-corrected chi connectivity index (χ1v) is 8.07. The Morgan fingerprint density at radius 2 is 1.78 bits per heavy atom. The zero-order valence-electron chi connectivity index (χ0n) is 12.5. The van der Waals surface area contributed by atoms with Crippen LogP contribution in [0.15, 0.2) is 54.6 Å². The Morgan fingerprint density at radius 3 is 2.52 bits per heavy atom. The molecule has 114 valence electrons. The molecule has 0 atom stereocenters. The summed E-state index contributed by atoms with van der Waals surface area (Å²) in [6, 6.07) is 18.1. The Labute approximate surface area is 137 Å². The molecule has 5 nitrogen and oxygen atoms in total. The van der Waals surface area contributed by atoms with Gasteiger partial charge in [0, 0.05) is 5.56 Å². The average molecular weight is 322 g/mol. The van der Waals surface area contributed by atoms with Crippen LogP contribution in [0.5, 0.6) is 5.75 Å². The fraction of sp³-hybridized carbons (Fsp3) is 0.118. The van der Waals surface area contributed by atoms with Crippen molar-refractivity contribution in [3.63, 3.8) is 0 Å². The zero-order valence-corrected chi connectivity index (χ0v) is 13.3. The number of hydrogen-bond acceptors (Lipinski definition) is 5. The van der Waals surface area contributed by atoms with Gasteiger partial charge in [0.25, 0.3) is 0 Å². The van der Waals surface area contributed by atoms with E-state index in [4.69, 9.17) is 4.74 Å². The van der Waals surface area contributed by atoms with Gasteiger partial charge >= 0.3 is 0 Å². The molecule has 0 N–H and O–H groups in total. The third kappa shape index (κ3) is 2.80. The molecule has 2 heterocycles. The van der Waals surface area contributed by atoms with E-state index >= 15 is 0 Å². The van der Waals surface area contributed by atoms with Crippen LogP contribution >= 0.6 is 11.3 Å². The van der Waals surface area contributed by atoms with Crippen molar-refractivity contribution in [2.45, 2.75) is 13.5 Å². The Hall–Kier alpha value is -2.73. The molecule has 0 unspecified atom stereocenters. The van der Waals surface area contributed by atoms with E-state index in [-0.39, 0.29) is 0 Å². The summed E-state index contributed by atoms with van der Waals surface area (Å²) in [5.41, 5.74) is 2.20. The number of nitrogens with zero attached hydrogens (tertiary/aromatic N) is 4. The lowest BCUT2D eigenvalue weighted by molar-refractivity contribution is 0.306. The normalized spacial score (nSPS) is 11.0. The van der Waals surface area contributed by atoms with Crippen molar-refractivity contribution >= 4 is 16.3 Å². The Morgan fingerprint density at radius 1 is 1.00 bits per heavy atom. The highest BCUT2D eigenvalue weighted by Crippen LogP contribution is 2.27. The molecule has 0 saturated heterocycles. The Kier molecular flexibility index (Phi) is 3.51. The van der Waals surface area contributed by atoms with E-state index in [0.29, 0.717) is 6.61 Å². The number of aryl methyl sites for hydroxylation is 1. The van der Waals surface area contributed by atoms with Crippen molar-refractivity contribution in [3.05, 3.63) is 66.0 Å². The SMILES string of the molecule is Cc1nnc2sc(-c3ccc(OCc4ccccc4)cc3)nn12. The minimum atomic E-state index is 0.566. The third-order valence-corrected chi connectivity index (χ3v) is 4.44. The molecule has 0 spiro atoms. The lowest BCUT2D eigenvalue weighted by atomic mass is 10.2. The maximum atomic E-state index is 5.80. The molecule has 23 heavy (non-hydrogen) atoms. The van der Waals surface area contributed by atoms with Gasteiger partial charge in [0.2, 0.25) is 4.96 Å². The molecule has 0 fully saturated rings. The molecule has 0 aliphatic rings. The van der Waals surface area contributed by atoms with Crippen molar-refractivity contribution in [1.82, 2.24) is 19.8 Å². The van der Waals surface area contributed by atoms with Crippen LogP contribution in [-0.2, 0) is 6.61 Å². The van der Waals surface area contributed by atoms with Gasteiger partial charge < -0.3 is 4.74 Å². The summed E-state index contributed by atoms with van der Waals surface area (Å²) < 4.78 is 7.57. The van der Waals surface area contributed by atoms with Gasteiger partial charge in [-0.2, -0.15) is 9.61 Å². The van der Waals surface area contributed by atoms with Gasteiger partial charge in [0.1, 0.15) is 17.4 Å². The molecular formula is C17H14N4OS. The van der Waals surface area contributed by atoms with Gasteiger partial charge in [-0.1, -0.05) is 41.7 Å². The van der Waals surface area contributed by atoms with Gasteiger partial charge in [-0.3, -0.25) is 0 Å². The van der Waals surface area contributed by atoms with Crippen LogP contribution in [0.25, 0.3) is 15.5 Å². The lowest BCUT2D eigenvalue weighted by Gasteiger charge is -2.06. The van der Waals surface area contributed by atoms with Gasteiger partial charge in [-0.25, -0.2) is 0 Å². The molecule has 0 aliphatic carbocycles. The minimum absolute atomic E-state index is 0.566. The van der Waals surface area contributed by atoms with Crippen LogP contribution in [0.4, 0.5) is 0 Å². The maximum absolute atomic E-state index is 5.80. The van der Waals surface area contributed by atoms with E-state index in [1.807, 2.05) is 49.4 Å². The molecule has 4 rings (SSSR count). The first kappa shape index (κ1) is 13.9. The first-order valence-electron chi connectivity index (χ1n) is 7.25. The molecule has 6 heteroatoms. The molecular weight excluding hydrogens is 308 g/mol. The van der Waals surface area contributed by atoms with E-state index in [2.05, 4.69) is 27.4 Å². The minimum Gasteiger partial charge on any atom is -0.489 e. The molecule has 0 aliphatic heterocycles. The zero-order chi connectivity index (χ0) is 15.6. The second kappa shape index (κ2) is 5.81. The summed E-state index contributed by atoms with van der Waals surface area (Å²) in [6.07, 6.45) is 0. The van der Waals surface area contributed by atoms with Crippen molar-refractivity contribution in [2.24, 2.45) is 0 Å². The molecule has 2 aromatic heterocycles. The van der Waals surface area contributed by atoms with Crippen molar-refractivity contribution in [1.29, 1.82) is 0 Å². The average Bonchev–Trinajstić information content (AvgIpc) is 3.17. The van der Waals surface area contributed by atoms with Crippen LogP contribution in [0, 0.1) is 6.92 Å². The topological polar surface area (TPSA) is 52.3 Å². The van der Waals surface area contributed by atoms with Gasteiger partial charge in [-0.15, -0.1) is 10.2 Å². The van der Waals surface area contributed by atoms with E-state index < -0.39 is 0 Å². The van der Waals surface area contributed by atoms with Crippen molar-refractivity contribution in [3.8, 4) is 16.3 Å². The summed E-state index contributed by atoms with van der Waals surface area (Å²) in [6.45, 7) is 2.46. The summed E-state index contributed by atoms with van der Waals surface area (Å²) in [7, 11) is 0. The molecule has 2 aromatic carbocycles. The number of ether oxygens (including phenoxy) is 1. The summed E-state index contributed by atoms with van der Waals surface area (Å²) >= 11 is 1.52. The van der Waals surface area contributed by atoms with Crippen molar-refractivity contribution in [2.75, 3.05) is 0 Å². The summed E-state index contributed by atoms with van der Waals surface area (Å²) in [4.78, 5) is 0.807. The molecule has 0 saturated carbocycles. The predicted octanol–water partition coefficient (Wildman–Crippen LogP) is 3.74. The highest BCUT2D eigenvalue weighted by Gasteiger charge is 2.10. The highest BCUT2D eigenvalue weighted by molar-refractivity contribution is 7.19.